The Balaban J connectivity index is 1.68. The van der Waals surface area contributed by atoms with Crippen LogP contribution in [-0.4, -0.2) is 36.1 Å². The van der Waals surface area contributed by atoms with Crippen molar-refractivity contribution in [3.05, 3.63) is 18.7 Å². The number of imidazole rings is 1. The van der Waals surface area contributed by atoms with Crippen LogP contribution in [0, 0.1) is 5.41 Å². The molecular weight excluding hydrogens is 270 g/mol. The normalized spacial score (nSPS) is 17.5. The lowest BCUT2D eigenvalue weighted by atomic mass is 9.71. The van der Waals surface area contributed by atoms with E-state index in [-0.39, 0.29) is 11.3 Å². The zero-order chi connectivity index (χ0) is 14.5. The van der Waals surface area contributed by atoms with Gasteiger partial charge in [-0.25, -0.2) is 9.67 Å². The SMILES string of the molecule is O=C(CC1(Cn2cnnn2)CCCCC1)Nc1ncc[nH]1. The molecule has 8 heteroatoms. The van der Waals surface area contributed by atoms with Crippen molar-refractivity contribution in [1.29, 1.82) is 0 Å². The highest BCUT2D eigenvalue weighted by molar-refractivity contribution is 5.89. The molecule has 112 valence electrons. The van der Waals surface area contributed by atoms with Gasteiger partial charge in [0.05, 0.1) is 6.54 Å². The summed E-state index contributed by atoms with van der Waals surface area (Å²) in [6, 6.07) is 0. The molecule has 0 spiro atoms. The molecule has 0 bridgehead atoms. The van der Waals surface area contributed by atoms with Gasteiger partial charge in [0.25, 0.3) is 0 Å². The summed E-state index contributed by atoms with van der Waals surface area (Å²) in [6.45, 7) is 0.686. The van der Waals surface area contributed by atoms with Crippen molar-refractivity contribution in [2.24, 2.45) is 5.41 Å². The van der Waals surface area contributed by atoms with Crippen molar-refractivity contribution in [3.63, 3.8) is 0 Å². The predicted octanol–water partition coefficient (Wildman–Crippen LogP) is 1.38. The highest BCUT2D eigenvalue weighted by atomic mass is 16.1. The van der Waals surface area contributed by atoms with E-state index in [9.17, 15) is 4.79 Å². The zero-order valence-corrected chi connectivity index (χ0v) is 11.8. The first-order valence-corrected chi connectivity index (χ1v) is 7.26. The lowest BCUT2D eigenvalue weighted by Gasteiger charge is -2.36. The number of carbonyl (C=O) groups excluding carboxylic acids is 1. The average molecular weight is 289 g/mol. The fraction of sp³-hybridized carbons (Fsp3) is 0.615. The Bertz CT molecular complexity index is 557. The topological polar surface area (TPSA) is 101 Å². The third-order valence-corrected chi connectivity index (χ3v) is 4.09. The smallest absolute Gasteiger partial charge is 0.227 e. The molecule has 8 nitrogen and oxygen atoms in total. The van der Waals surface area contributed by atoms with E-state index in [0.29, 0.717) is 18.9 Å². The quantitative estimate of drug-likeness (QED) is 0.865. The van der Waals surface area contributed by atoms with Gasteiger partial charge in [0.15, 0.2) is 0 Å². The van der Waals surface area contributed by atoms with E-state index >= 15 is 0 Å². The maximum absolute atomic E-state index is 12.3. The lowest BCUT2D eigenvalue weighted by Crippen LogP contribution is -2.34. The number of rotatable bonds is 5. The van der Waals surface area contributed by atoms with Gasteiger partial charge in [-0.1, -0.05) is 19.3 Å². The summed E-state index contributed by atoms with van der Waals surface area (Å²) >= 11 is 0. The first-order chi connectivity index (χ1) is 10.3. The number of anilines is 1. The number of hydrogen-bond donors (Lipinski definition) is 2. The number of H-pyrrole nitrogens is 1. The second-order valence-electron chi connectivity index (χ2n) is 5.73. The molecule has 0 atom stereocenters. The molecule has 1 aliphatic carbocycles. The number of aromatic nitrogens is 6. The van der Waals surface area contributed by atoms with E-state index in [1.165, 1.54) is 6.42 Å². The number of amides is 1. The van der Waals surface area contributed by atoms with E-state index in [1.807, 2.05) is 0 Å². The van der Waals surface area contributed by atoms with E-state index in [0.717, 1.165) is 25.7 Å². The third-order valence-electron chi connectivity index (χ3n) is 4.09. The van der Waals surface area contributed by atoms with E-state index < -0.39 is 0 Å². The molecule has 0 saturated heterocycles. The Morgan fingerprint density at radius 1 is 1.38 bits per heavy atom. The summed E-state index contributed by atoms with van der Waals surface area (Å²) in [4.78, 5) is 19.2. The largest absolute Gasteiger partial charge is 0.331 e. The number of aromatic amines is 1. The van der Waals surface area contributed by atoms with Crippen LogP contribution in [0.1, 0.15) is 38.5 Å². The summed E-state index contributed by atoms with van der Waals surface area (Å²) in [5, 5.41) is 14.1. The molecule has 0 radical (unpaired) electrons. The molecule has 2 aromatic heterocycles. The Kier molecular flexibility index (Phi) is 3.94. The van der Waals surface area contributed by atoms with Crippen LogP contribution in [0.15, 0.2) is 18.7 Å². The van der Waals surface area contributed by atoms with Crippen LogP contribution < -0.4 is 5.32 Å². The first kappa shape index (κ1) is 13.7. The maximum atomic E-state index is 12.3. The number of hydrogen-bond acceptors (Lipinski definition) is 5. The monoisotopic (exact) mass is 289 g/mol. The highest BCUT2D eigenvalue weighted by Gasteiger charge is 2.35. The first-order valence-electron chi connectivity index (χ1n) is 7.26. The fourth-order valence-corrected chi connectivity index (χ4v) is 3.14. The van der Waals surface area contributed by atoms with Gasteiger partial charge in [-0.05, 0) is 28.7 Å². The number of tetrazole rings is 1. The molecule has 2 aromatic rings. The minimum absolute atomic E-state index is 0.0140. The second-order valence-corrected chi connectivity index (χ2v) is 5.73. The summed E-state index contributed by atoms with van der Waals surface area (Å²) in [7, 11) is 0. The molecule has 2 N–H and O–H groups in total. The number of nitrogens with one attached hydrogen (secondary N) is 2. The molecule has 1 fully saturated rings. The molecule has 0 aromatic carbocycles. The number of nitrogens with zero attached hydrogens (tertiary/aromatic N) is 5. The molecule has 1 saturated carbocycles. The van der Waals surface area contributed by atoms with E-state index in [4.69, 9.17) is 0 Å². The Morgan fingerprint density at radius 2 is 2.24 bits per heavy atom. The Hall–Kier alpha value is -2.25. The molecule has 3 rings (SSSR count). The van der Waals surface area contributed by atoms with Crippen LogP contribution in [0.5, 0.6) is 0 Å². The van der Waals surface area contributed by atoms with Crippen molar-refractivity contribution in [1.82, 2.24) is 30.2 Å². The van der Waals surface area contributed by atoms with Crippen LogP contribution in [0.3, 0.4) is 0 Å². The highest BCUT2D eigenvalue weighted by Crippen LogP contribution is 2.40. The van der Waals surface area contributed by atoms with Crippen LogP contribution in [0.4, 0.5) is 5.95 Å². The van der Waals surface area contributed by atoms with Gasteiger partial charge >= 0.3 is 0 Å². The van der Waals surface area contributed by atoms with Crippen molar-refractivity contribution in [2.45, 2.75) is 45.1 Å². The third kappa shape index (κ3) is 3.45. The van der Waals surface area contributed by atoms with Gasteiger partial charge in [0, 0.05) is 18.8 Å². The van der Waals surface area contributed by atoms with Gasteiger partial charge < -0.3 is 4.98 Å². The molecule has 1 aliphatic rings. The van der Waals surface area contributed by atoms with Crippen molar-refractivity contribution < 1.29 is 4.79 Å². The summed E-state index contributed by atoms with van der Waals surface area (Å²) in [5.74, 6) is 0.480. The van der Waals surface area contributed by atoms with E-state index in [1.54, 1.807) is 23.4 Å². The molecule has 0 unspecified atom stereocenters. The Morgan fingerprint density at radius 3 is 2.90 bits per heavy atom. The lowest BCUT2D eigenvalue weighted by molar-refractivity contribution is -0.119. The van der Waals surface area contributed by atoms with Crippen molar-refractivity contribution in [3.8, 4) is 0 Å². The molecule has 0 aliphatic heterocycles. The van der Waals surface area contributed by atoms with Crippen molar-refractivity contribution >= 4 is 11.9 Å². The standard InChI is InChI=1S/C13H19N7O/c21-11(17-12-14-6-7-15-12)8-13(4-2-1-3-5-13)9-20-10-16-18-19-20/h6-7,10H,1-5,8-9H2,(H2,14,15,17,21). The van der Waals surface area contributed by atoms with Crippen molar-refractivity contribution in [2.75, 3.05) is 5.32 Å². The van der Waals surface area contributed by atoms with Gasteiger partial charge in [-0.15, -0.1) is 5.10 Å². The summed E-state index contributed by atoms with van der Waals surface area (Å²) < 4.78 is 1.73. The van der Waals surface area contributed by atoms with Crippen LogP contribution in [0.2, 0.25) is 0 Å². The maximum Gasteiger partial charge on any atom is 0.227 e. The fourth-order valence-electron chi connectivity index (χ4n) is 3.14. The van der Waals surface area contributed by atoms with Gasteiger partial charge in [-0.3, -0.25) is 10.1 Å². The van der Waals surface area contributed by atoms with Gasteiger partial charge in [0.1, 0.15) is 6.33 Å². The second kappa shape index (κ2) is 6.02. The predicted molar refractivity (Wildman–Crippen MR) is 75.2 cm³/mol. The minimum Gasteiger partial charge on any atom is -0.331 e. The minimum atomic E-state index is -0.0652. The molecule has 2 heterocycles. The van der Waals surface area contributed by atoms with Gasteiger partial charge in [-0.2, -0.15) is 0 Å². The van der Waals surface area contributed by atoms with Crippen LogP contribution >= 0.6 is 0 Å². The summed E-state index contributed by atoms with van der Waals surface area (Å²) in [6.07, 6.45) is 11.0. The average Bonchev–Trinajstić information content (AvgIpc) is 3.13. The molecular formula is C13H19N7O. The molecule has 21 heavy (non-hydrogen) atoms. The zero-order valence-electron chi connectivity index (χ0n) is 11.8. The van der Waals surface area contributed by atoms with E-state index in [2.05, 4.69) is 30.8 Å². The van der Waals surface area contributed by atoms with Crippen LogP contribution in [0.25, 0.3) is 0 Å². The van der Waals surface area contributed by atoms with Gasteiger partial charge in [0.2, 0.25) is 11.9 Å². The molecule has 1 amide bonds. The Labute approximate surface area is 122 Å². The number of carbonyl (C=O) groups is 1. The van der Waals surface area contributed by atoms with Crippen LogP contribution in [-0.2, 0) is 11.3 Å². The summed E-state index contributed by atoms with van der Waals surface area (Å²) in [5.41, 5.74) is -0.0652.